The maximum absolute atomic E-state index is 10.4. The summed E-state index contributed by atoms with van der Waals surface area (Å²) in [6.45, 7) is 3.17. The number of aromatic nitrogens is 2. The Balaban J connectivity index is 2.01. The zero-order valence-corrected chi connectivity index (χ0v) is 12.3. The summed E-state index contributed by atoms with van der Waals surface area (Å²) in [6.07, 6.45) is 1.34. The van der Waals surface area contributed by atoms with Crippen molar-refractivity contribution in [1.82, 2.24) is 14.7 Å². The van der Waals surface area contributed by atoms with Crippen molar-refractivity contribution >= 4 is 11.8 Å². The highest BCUT2D eigenvalue weighted by Gasteiger charge is 2.27. The van der Waals surface area contributed by atoms with Crippen LogP contribution in [-0.4, -0.2) is 57.0 Å². The largest absolute Gasteiger partial charge is 0.391 e. The third-order valence-electron chi connectivity index (χ3n) is 3.70. The molecule has 0 aromatic carbocycles. The van der Waals surface area contributed by atoms with Gasteiger partial charge in [0.05, 0.1) is 11.8 Å². The smallest absolute Gasteiger partial charge is 0.0758 e. The normalized spacial score (nSPS) is 23.2. The van der Waals surface area contributed by atoms with E-state index in [1.807, 2.05) is 23.5 Å². The fourth-order valence-electron chi connectivity index (χ4n) is 2.40. The quantitative estimate of drug-likeness (QED) is 0.883. The van der Waals surface area contributed by atoms with Gasteiger partial charge < -0.3 is 5.11 Å². The van der Waals surface area contributed by atoms with Crippen LogP contribution >= 0.6 is 11.8 Å². The highest BCUT2D eigenvalue weighted by atomic mass is 32.2. The molecule has 5 heteroatoms. The number of thioether (sulfide) groups is 1. The summed E-state index contributed by atoms with van der Waals surface area (Å²) < 4.78 is 1.90. The molecule has 2 unspecified atom stereocenters. The van der Waals surface area contributed by atoms with Crippen LogP contribution in [0.2, 0.25) is 0 Å². The molecular formula is C13H23N3OS. The lowest BCUT2D eigenvalue weighted by Crippen LogP contribution is -2.47. The molecule has 1 aromatic heterocycles. The molecule has 2 rings (SSSR count). The average Bonchev–Trinajstić information content (AvgIpc) is 2.70. The second-order valence-electron chi connectivity index (χ2n) is 5.00. The average molecular weight is 269 g/mol. The molecule has 102 valence electrons. The van der Waals surface area contributed by atoms with Gasteiger partial charge in [0, 0.05) is 43.3 Å². The summed E-state index contributed by atoms with van der Waals surface area (Å²) in [7, 11) is 4.06. The Morgan fingerprint density at radius 2 is 2.33 bits per heavy atom. The second-order valence-corrected chi connectivity index (χ2v) is 6.15. The maximum Gasteiger partial charge on any atom is 0.0758 e. The summed E-state index contributed by atoms with van der Waals surface area (Å²) in [4.78, 5) is 2.28. The van der Waals surface area contributed by atoms with Crippen LogP contribution in [0.4, 0.5) is 0 Å². The van der Waals surface area contributed by atoms with Crippen LogP contribution in [0.25, 0.3) is 0 Å². The lowest BCUT2D eigenvalue weighted by Gasteiger charge is -2.35. The van der Waals surface area contributed by atoms with Gasteiger partial charge in [-0.25, -0.2) is 0 Å². The van der Waals surface area contributed by atoms with Crippen LogP contribution < -0.4 is 0 Å². The monoisotopic (exact) mass is 269 g/mol. The van der Waals surface area contributed by atoms with Gasteiger partial charge in [0.2, 0.25) is 0 Å². The van der Waals surface area contributed by atoms with E-state index in [9.17, 15) is 5.11 Å². The fraction of sp³-hybridized carbons (Fsp3) is 0.769. The van der Waals surface area contributed by atoms with E-state index in [0.717, 1.165) is 30.1 Å². The summed E-state index contributed by atoms with van der Waals surface area (Å²) in [5.74, 6) is 2.20. The van der Waals surface area contributed by atoms with Crippen LogP contribution in [0.1, 0.15) is 18.3 Å². The predicted molar refractivity (Wildman–Crippen MR) is 76.0 cm³/mol. The van der Waals surface area contributed by atoms with Crippen LogP contribution in [-0.2, 0) is 19.9 Å². The molecule has 1 aromatic rings. The van der Waals surface area contributed by atoms with Crippen LogP contribution in [0, 0.1) is 0 Å². The Hall–Kier alpha value is -0.520. The fourth-order valence-corrected chi connectivity index (χ4v) is 3.70. The highest BCUT2D eigenvalue weighted by molar-refractivity contribution is 7.99. The lowest BCUT2D eigenvalue weighted by molar-refractivity contribution is 0.0749. The van der Waals surface area contributed by atoms with Crippen molar-refractivity contribution in [3.8, 4) is 0 Å². The molecule has 0 radical (unpaired) electrons. The number of likely N-dealkylation sites (N-methyl/N-ethyl adjacent to an activating group) is 1. The van der Waals surface area contributed by atoms with E-state index in [4.69, 9.17) is 0 Å². The number of nitrogens with zero attached hydrogens (tertiary/aromatic N) is 3. The van der Waals surface area contributed by atoms with Crippen LogP contribution in [0.5, 0.6) is 0 Å². The van der Waals surface area contributed by atoms with E-state index < -0.39 is 0 Å². The van der Waals surface area contributed by atoms with Crippen molar-refractivity contribution in [3.05, 3.63) is 17.5 Å². The SMILES string of the molecule is CCc1cc(CC(O)C2CSCCN2C)n(C)n1. The molecule has 1 fully saturated rings. The molecule has 2 atom stereocenters. The number of hydrogen-bond acceptors (Lipinski definition) is 4. The number of aliphatic hydroxyl groups is 1. The maximum atomic E-state index is 10.4. The standard InChI is InChI=1S/C13H23N3OS/c1-4-10-7-11(16(3)14-10)8-13(17)12-9-18-6-5-15(12)2/h7,12-13,17H,4-6,8-9H2,1-3H3. The molecule has 1 aliphatic rings. The van der Waals surface area contributed by atoms with Gasteiger partial charge in [-0.15, -0.1) is 0 Å². The van der Waals surface area contributed by atoms with Gasteiger partial charge in [-0.05, 0) is 19.5 Å². The topological polar surface area (TPSA) is 41.3 Å². The number of aryl methyl sites for hydroxylation is 2. The Bertz CT molecular complexity index is 394. The minimum Gasteiger partial charge on any atom is -0.391 e. The van der Waals surface area contributed by atoms with Gasteiger partial charge in [-0.2, -0.15) is 16.9 Å². The Labute approximate surface area is 113 Å². The van der Waals surface area contributed by atoms with Gasteiger partial charge in [0.15, 0.2) is 0 Å². The summed E-state index contributed by atoms with van der Waals surface area (Å²) in [6, 6.07) is 2.38. The molecule has 1 aliphatic heterocycles. The van der Waals surface area contributed by atoms with E-state index in [1.165, 1.54) is 5.75 Å². The molecule has 18 heavy (non-hydrogen) atoms. The lowest BCUT2D eigenvalue weighted by atomic mass is 10.1. The third kappa shape index (κ3) is 3.08. The molecule has 1 N–H and O–H groups in total. The number of rotatable bonds is 4. The van der Waals surface area contributed by atoms with Crippen molar-refractivity contribution in [2.45, 2.75) is 31.9 Å². The first kappa shape index (κ1) is 13.9. The zero-order valence-electron chi connectivity index (χ0n) is 11.5. The van der Waals surface area contributed by atoms with E-state index in [2.05, 4.69) is 30.0 Å². The molecule has 0 saturated carbocycles. The molecule has 0 amide bonds. The summed E-state index contributed by atoms with van der Waals surface area (Å²) in [5, 5.41) is 14.8. The van der Waals surface area contributed by atoms with Crippen molar-refractivity contribution in [1.29, 1.82) is 0 Å². The first-order chi connectivity index (χ1) is 8.61. The summed E-state index contributed by atoms with van der Waals surface area (Å²) in [5.41, 5.74) is 2.23. The second kappa shape index (κ2) is 6.08. The van der Waals surface area contributed by atoms with Crippen LogP contribution in [0.3, 0.4) is 0 Å². The molecular weight excluding hydrogens is 246 g/mol. The number of aliphatic hydroxyl groups excluding tert-OH is 1. The van der Waals surface area contributed by atoms with Crippen molar-refractivity contribution in [2.75, 3.05) is 25.1 Å². The molecule has 4 nitrogen and oxygen atoms in total. The Morgan fingerprint density at radius 3 is 2.94 bits per heavy atom. The summed E-state index contributed by atoms with van der Waals surface area (Å²) >= 11 is 1.94. The Kier molecular flexibility index (Phi) is 4.70. The van der Waals surface area contributed by atoms with Gasteiger partial charge in [0.1, 0.15) is 0 Å². The van der Waals surface area contributed by atoms with Crippen molar-refractivity contribution < 1.29 is 5.11 Å². The first-order valence-electron chi connectivity index (χ1n) is 6.59. The third-order valence-corrected chi connectivity index (χ3v) is 4.74. The molecule has 0 spiro atoms. The van der Waals surface area contributed by atoms with E-state index in [0.29, 0.717) is 6.42 Å². The minimum absolute atomic E-state index is 0.267. The highest BCUT2D eigenvalue weighted by Crippen LogP contribution is 2.19. The van der Waals surface area contributed by atoms with E-state index in [1.54, 1.807) is 0 Å². The molecule has 2 heterocycles. The molecule has 0 aliphatic carbocycles. The molecule has 0 bridgehead atoms. The van der Waals surface area contributed by atoms with Gasteiger partial charge in [-0.1, -0.05) is 6.92 Å². The zero-order chi connectivity index (χ0) is 13.1. The first-order valence-corrected chi connectivity index (χ1v) is 7.75. The molecule has 1 saturated heterocycles. The van der Waals surface area contributed by atoms with Gasteiger partial charge in [-0.3, -0.25) is 9.58 Å². The van der Waals surface area contributed by atoms with Crippen molar-refractivity contribution in [3.63, 3.8) is 0 Å². The van der Waals surface area contributed by atoms with E-state index >= 15 is 0 Å². The predicted octanol–water partition coefficient (Wildman–Crippen LogP) is 0.933. The Morgan fingerprint density at radius 1 is 1.56 bits per heavy atom. The van der Waals surface area contributed by atoms with Crippen LogP contribution in [0.15, 0.2) is 6.07 Å². The van der Waals surface area contributed by atoms with Crippen molar-refractivity contribution in [2.24, 2.45) is 7.05 Å². The van der Waals surface area contributed by atoms with Gasteiger partial charge in [0.25, 0.3) is 0 Å². The van der Waals surface area contributed by atoms with Gasteiger partial charge >= 0.3 is 0 Å². The minimum atomic E-state index is -0.303. The van der Waals surface area contributed by atoms with E-state index in [-0.39, 0.29) is 12.1 Å². The number of hydrogen-bond donors (Lipinski definition) is 1.